The number of hydrogen-bond donors (Lipinski definition) is 3. The van der Waals surface area contributed by atoms with E-state index in [0.717, 1.165) is 48.5 Å². The summed E-state index contributed by atoms with van der Waals surface area (Å²) in [5.41, 5.74) is 12.2. The third kappa shape index (κ3) is 4.61. The Labute approximate surface area is 172 Å². The second-order valence-electron chi connectivity index (χ2n) is 8.11. The number of ether oxygens (including phenoxy) is 2. The van der Waals surface area contributed by atoms with Gasteiger partial charge in [-0.2, -0.15) is 5.53 Å². The quantitative estimate of drug-likeness (QED) is 0.211. The van der Waals surface area contributed by atoms with Crippen molar-refractivity contribution in [3.8, 4) is 5.75 Å². The monoisotopic (exact) mass is 394 g/mol. The van der Waals surface area contributed by atoms with Crippen LogP contribution >= 0.6 is 0 Å². The molecular formula is C23H30N4O2. The molecule has 6 heteroatoms. The van der Waals surface area contributed by atoms with E-state index in [-0.39, 0.29) is 17.8 Å². The summed E-state index contributed by atoms with van der Waals surface area (Å²) >= 11 is 0. The Morgan fingerprint density at radius 1 is 1.10 bits per heavy atom. The largest absolute Gasteiger partial charge is 0.485 e. The van der Waals surface area contributed by atoms with Gasteiger partial charge in [0.25, 0.3) is 0 Å². The molecule has 0 aliphatic carbocycles. The number of benzene rings is 2. The SMILES string of the molecule is CNNNC(=NCCCCc1ccccc1)c1ccc2c(c1)C1OC1C(C)(C)O2. The molecular weight excluding hydrogens is 364 g/mol. The highest BCUT2D eigenvalue weighted by Gasteiger charge is 2.56. The number of rotatable bonds is 8. The molecule has 1 saturated heterocycles. The summed E-state index contributed by atoms with van der Waals surface area (Å²) < 4.78 is 12.0. The molecule has 2 aromatic carbocycles. The summed E-state index contributed by atoms with van der Waals surface area (Å²) in [7, 11) is 1.82. The smallest absolute Gasteiger partial charge is 0.143 e. The van der Waals surface area contributed by atoms with Crippen LogP contribution in [0.15, 0.2) is 53.5 Å². The number of hydrazine groups is 2. The zero-order valence-electron chi connectivity index (χ0n) is 17.4. The molecule has 2 aliphatic rings. The van der Waals surface area contributed by atoms with E-state index in [2.05, 4.69) is 66.6 Å². The van der Waals surface area contributed by atoms with Gasteiger partial charge in [0.2, 0.25) is 0 Å². The second-order valence-corrected chi connectivity index (χ2v) is 8.11. The molecule has 6 nitrogen and oxygen atoms in total. The average Bonchev–Trinajstić information content (AvgIpc) is 3.53. The fraction of sp³-hybridized carbons (Fsp3) is 0.435. The number of fused-ring (bicyclic) bond motifs is 3. The molecule has 0 radical (unpaired) electrons. The first-order valence-electron chi connectivity index (χ1n) is 10.3. The van der Waals surface area contributed by atoms with Gasteiger partial charge in [0.05, 0.1) is 0 Å². The van der Waals surface area contributed by atoms with Crippen LogP contribution in [0, 0.1) is 0 Å². The lowest BCUT2D eigenvalue weighted by Crippen LogP contribution is -2.45. The number of unbranched alkanes of at least 4 members (excludes halogenated alkanes) is 1. The van der Waals surface area contributed by atoms with E-state index in [1.165, 1.54) is 5.56 Å². The Bertz CT molecular complexity index is 866. The van der Waals surface area contributed by atoms with Crippen molar-refractivity contribution in [3.05, 3.63) is 65.2 Å². The highest BCUT2D eigenvalue weighted by atomic mass is 16.6. The highest BCUT2D eigenvalue weighted by molar-refractivity contribution is 5.98. The van der Waals surface area contributed by atoms with Gasteiger partial charge in [0.1, 0.15) is 29.4 Å². The van der Waals surface area contributed by atoms with E-state index in [4.69, 9.17) is 14.5 Å². The first-order chi connectivity index (χ1) is 14.1. The van der Waals surface area contributed by atoms with Crippen molar-refractivity contribution in [1.29, 1.82) is 0 Å². The Hall–Kier alpha value is -2.41. The van der Waals surface area contributed by atoms with Crippen molar-refractivity contribution >= 4 is 5.84 Å². The Morgan fingerprint density at radius 3 is 2.72 bits per heavy atom. The minimum absolute atomic E-state index is 0.123. The van der Waals surface area contributed by atoms with Gasteiger partial charge in [-0.25, -0.2) is 5.43 Å². The van der Waals surface area contributed by atoms with Crippen LogP contribution in [0.2, 0.25) is 0 Å². The molecule has 4 rings (SSSR count). The van der Waals surface area contributed by atoms with Crippen LogP contribution in [0.3, 0.4) is 0 Å². The zero-order valence-corrected chi connectivity index (χ0v) is 17.4. The number of aliphatic imine (C=N–C) groups is 1. The molecule has 2 aromatic rings. The molecule has 154 valence electrons. The maximum atomic E-state index is 6.13. The first-order valence-corrected chi connectivity index (χ1v) is 10.3. The lowest BCUT2D eigenvalue weighted by molar-refractivity contribution is 0.0725. The van der Waals surface area contributed by atoms with Gasteiger partial charge in [0.15, 0.2) is 0 Å². The lowest BCUT2D eigenvalue weighted by Gasteiger charge is -2.29. The summed E-state index contributed by atoms with van der Waals surface area (Å²) in [5, 5.41) is 0. The van der Waals surface area contributed by atoms with Gasteiger partial charge >= 0.3 is 0 Å². The number of amidine groups is 1. The molecule has 0 bridgehead atoms. The van der Waals surface area contributed by atoms with E-state index < -0.39 is 0 Å². The molecule has 0 spiro atoms. The number of epoxide rings is 1. The minimum Gasteiger partial charge on any atom is -0.485 e. The normalized spacial score (nSPS) is 21.7. The van der Waals surface area contributed by atoms with E-state index in [0.29, 0.717) is 0 Å². The highest BCUT2D eigenvalue weighted by Crippen LogP contribution is 2.53. The maximum absolute atomic E-state index is 6.13. The molecule has 3 N–H and O–H groups in total. The fourth-order valence-corrected chi connectivity index (χ4v) is 3.83. The molecule has 29 heavy (non-hydrogen) atoms. The predicted molar refractivity (Wildman–Crippen MR) is 115 cm³/mol. The van der Waals surface area contributed by atoms with Gasteiger partial charge in [-0.1, -0.05) is 30.3 Å². The van der Waals surface area contributed by atoms with Crippen LogP contribution in [0.4, 0.5) is 0 Å². The van der Waals surface area contributed by atoms with Crippen LogP contribution in [-0.2, 0) is 11.2 Å². The summed E-state index contributed by atoms with van der Waals surface area (Å²) in [6, 6.07) is 16.8. The summed E-state index contributed by atoms with van der Waals surface area (Å²) in [6.45, 7) is 4.92. The van der Waals surface area contributed by atoms with Crippen molar-refractivity contribution in [2.45, 2.75) is 50.9 Å². The average molecular weight is 395 g/mol. The topological polar surface area (TPSA) is 70.2 Å². The third-order valence-corrected chi connectivity index (χ3v) is 5.43. The van der Waals surface area contributed by atoms with Crippen LogP contribution in [0.1, 0.15) is 49.5 Å². The van der Waals surface area contributed by atoms with Crippen LogP contribution < -0.4 is 21.1 Å². The number of nitrogens with zero attached hydrogens (tertiary/aromatic N) is 1. The standard InChI is InChI=1S/C23H30N4O2/c1-23(2)21-20(28-21)18-15-17(12-13-19(18)29-23)22(26-27-24-3)25-14-8-7-11-16-9-5-4-6-10-16/h4-6,9-10,12-13,15,20-21,24,27H,7-8,11,14H2,1-3H3,(H,25,26). The summed E-state index contributed by atoms with van der Waals surface area (Å²) in [6.07, 6.45) is 3.49. The van der Waals surface area contributed by atoms with Crippen LogP contribution in [-0.4, -0.2) is 31.1 Å². The summed E-state index contributed by atoms with van der Waals surface area (Å²) in [5.74, 6) is 1.71. The van der Waals surface area contributed by atoms with Gasteiger partial charge in [-0.15, -0.1) is 0 Å². The maximum Gasteiger partial charge on any atom is 0.143 e. The molecule has 0 aromatic heterocycles. The van der Waals surface area contributed by atoms with Crippen molar-refractivity contribution in [2.24, 2.45) is 4.99 Å². The lowest BCUT2D eigenvalue weighted by atomic mass is 9.93. The van der Waals surface area contributed by atoms with E-state index in [1.54, 1.807) is 0 Å². The van der Waals surface area contributed by atoms with E-state index in [9.17, 15) is 0 Å². The predicted octanol–water partition coefficient (Wildman–Crippen LogP) is 3.30. The van der Waals surface area contributed by atoms with Crippen LogP contribution in [0.5, 0.6) is 5.75 Å². The van der Waals surface area contributed by atoms with Crippen molar-refractivity contribution < 1.29 is 9.47 Å². The molecule has 0 amide bonds. The molecule has 0 saturated carbocycles. The molecule has 2 aliphatic heterocycles. The Kier molecular flexibility index (Phi) is 5.85. The molecule has 2 unspecified atom stereocenters. The fourth-order valence-electron chi connectivity index (χ4n) is 3.83. The molecule has 2 atom stereocenters. The van der Waals surface area contributed by atoms with Crippen molar-refractivity contribution in [3.63, 3.8) is 0 Å². The number of nitrogens with one attached hydrogen (secondary N) is 3. The minimum atomic E-state index is -0.277. The first kappa shape index (κ1) is 19.9. The van der Waals surface area contributed by atoms with Gasteiger partial charge in [-0.05, 0) is 56.9 Å². The van der Waals surface area contributed by atoms with E-state index in [1.807, 2.05) is 19.2 Å². The van der Waals surface area contributed by atoms with Gasteiger partial charge in [-0.3, -0.25) is 10.4 Å². The molecule has 1 fully saturated rings. The van der Waals surface area contributed by atoms with Gasteiger partial charge < -0.3 is 9.47 Å². The number of aryl methyl sites for hydroxylation is 1. The van der Waals surface area contributed by atoms with E-state index >= 15 is 0 Å². The molecule has 2 heterocycles. The van der Waals surface area contributed by atoms with Crippen molar-refractivity contribution in [2.75, 3.05) is 13.6 Å². The Morgan fingerprint density at radius 2 is 1.93 bits per heavy atom. The van der Waals surface area contributed by atoms with Crippen LogP contribution in [0.25, 0.3) is 0 Å². The second kappa shape index (κ2) is 8.53. The van der Waals surface area contributed by atoms with Crippen molar-refractivity contribution in [1.82, 2.24) is 16.4 Å². The van der Waals surface area contributed by atoms with Gasteiger partial charge in [0, 0.05) is 24.7 Å². The zero-order chi connectivity index (χ0) is 20.3. The third-order valence-electron chi connectivity index (χ3n) is 5.43. The summed E-state index contributed by atoms with van der Waals surface area (Å²) in [4.78, 5) is 4.80. The Balaban J connectivity index is 1.41. The number of hydrogen-bond acceptors (Lipinski definition) is 5.